The number of carbonyl (C=O) groups excluding carboxylic acids is 2. The molecule has 0 aromatic heterocycles. The molecule has 1 unspecified atom stereocenters. The highest BCUT2D eigenvalue weighted by Crippen LogP contribution is 2.17. The van der Waals surface area contributed by atoms with Crippen LogP contribution in [-0.4, -0.2) is 30.2 Å². The minimum atomic E-state index is -0.475. The van der Waals surface area contributed by atoms with E-state index in [-0.39, 0.29) is 24.0 Å². The maximum absolute atomic E-state index is 12.0. The van der Waals surface area contributed by atoms with E-state index in [0.29, 0.717) is 18.6 Å². The molecule has 1 heterocycles. The zero-order valence-corrected chi connectivity index (χ0v) is 10.7. The number of nitrogens with zero attached hydrogens (tertiary/aromatic N) is 1. The van der Waals surface area contributed by atoms with Gasteiger partial charge in [0.15, 0.2) is 11.5 Å². The molecule has 0 saturated carbocycles. The van der Waals surface area contributed by atoms with E-state index in [0.717, 1.165) is 0 Å². The number of rotatable bonds is 5. The summed E-state index contributed by atoms with van der Waals surface area (Å²) in [5.74, 6) is -0.497. The Kier molecular flexibility index (Phi) is 4.28. The van der Waals surface area contributed by atoms with Crippen molar-refractivity contribution in [1.29, 1.82) is 0 Å². The van der Waals surface area contributed by atoms with Crippen molar-refractivity contribution < 1.29 is 19.2 Å². The van der Waals surface area contributed by atoms with Crippen molar-refractivity contribution in [3.8, 4) is 0 Å². The first-order chi connectivity index (χ1) is 9.20. The summed E-state index contributed by atoms with van der Waals surface area (Å²) in [6, 6.07) is 8.98. The van der Waals surface area contributed by atoms with Gasteiger partial charge in [-0.1, -0.05) is 35.5 Å². The smallest absolute Gasteiger partial charge is 0.356 e. The van der Waals surface area contributed by atoms with Gasteiger partial charge in [0, 0.05) is 12.0 Å². The highest BCUT2D eigenvalue weighted by Gasteiger charge is 2.28. The van der Waals surface area contributed by atoms with Crippen LogP contribution in [0.15, 0.2) is 35.5 Å². The number of ether oxygens (including phenoxy) is 1. The lowest BCUT2D eigenvalue weighted by molar-refractivity contribution is -0.135. The number of hydrogen-bond donors (Lipinski definition) is 0. The number of esters is 1. The number of hydrogen-bond acceptors (Lipinski definition) is 5. The first kappa shape index (κ1) is 13.3. The van der Waals surface area contributed by atoms with E-state index in [2.05, 4.69) is 5.16 Å². The van der Waals surface area contributed by atoms with Crippen LogP contribution in [0.4, 0.5) is 0 Å². The molecule has 5 nitrogen and oxygen atoms in total. The molecule has 0 amide bonds. The minimum absolute atomic E-state index is 0.0223. The Morgan fingerprint density at radius 3 is 2.79 bits per heavy atom. The average molecular weight is 261 g/mol. The van der Waals surface area contributed by atoms with Gasteiger partial charge >= 0.3 is 5.97 Å². The normalized spacial score (nSPS) is 17.5. The highest BCUT2D eigenvalue weighted by molar-refractivity contribution is 6.36. The van der Waals surface area contributed by atoms with Gasteiger partial charge < -0.3 is 9.57 Å². The first-order valence-corrected chi connectivity index (χ1v) is 6.18. The van der Waals surface area contributed by atoms with Gasteiger partial charge in [0.2, 0.25) is 0 Å². The van der Waals surface area contributed by atoms with Crippen molar-refractivity contribution in [1.82, 2.24) is 0 Å². The zero-order chi connectivity index (χ0) is 13.7. The molecule has 0 bridgehead atoms. The zero-order valence-electron chi connectivity index (χ0n) is 10.7. The van der Waals surface area contributed by atoms with Gasteiger partial charge in [-0.2, -0.15) is 0 Å². The van der Waals surface area contributed by atoms with Crippen molar-refractivity contribution in [2.24, 2.45) is 5.16 Å². The van der Waals surface area contributed by atoms with Crippen LogP contribution in [0.1, 0.15) is 30.1 Å². The SMILES string of the molecule is CCOC(=O)C1=NOC(CC(=O)c2ccccc2)C1. The van der Waals surface area contributed by atoms with Gasteiger partial charge in [-0.05, 0) is 6.92 Å². The molecule has 2 rings (SSSR count). The molecule has 0 aliphatic carbocycles. The summed E-state index contributed by atoms with van der Waals surface area (Å²) in [6.07, 6.45) is 0.139. The topological polar surface area (TPSA) is 65.0 Å². The number of Topliss-reactive ketones (excluding diaryl/α,β-unsaturated/α-hetero) is 1. The molecule has 19 heavy (non-hydrogen) atoms. The molecular formula is C14H15NO4. The standard InChI is InChI=1S/C14H15NO4/c1-2-18-14(17)12-8-11(19-15-12)9-13(16)10-6-4-3-5-7-10/h3-7,11H,2,8-9H2,1H3. The van der Waals surface area contributed by atoms with Crippen LogP contribution in [-0.2, 0) is 14.4 Å². The van der Waals surface area contributed by atoms with Gasteiger partial charge in [-0.3, -0.25) is 4.79 Å². The quantitative estimate of drug-likeness (QED) is 0.600. The molecular weight excluding hydrogens is 246 g/mol. The van der Waals surface area contributed by atoms with E-state index < -0.39 is 5.97 Å². The molecule has 1 aromatic carbocycles. The summed E-state index contributed by atoms with van der Waals surface area (Å²) < 4.78 is 4.83. The van der Waals surface area contributed by atoms with Crippen molar-refractivity contribution in [3.05, 3.63) is 35.9 Å². The predicted octanol–water partition coefficient (Wildman–Crippen LogP) is 1.97. The van der Waals surface area contributed by atoms with Gasteiger partial charge in [0.05, 0.1) is 13.0 Å². The van der Waals surface area contributed by atoms with Crippen molar-refractivity contribution in [2.45, 2.75) is 25.9 Å². The lowest BCUT2D eigenvalue weighted by Crippen LogP contribution is -2.19. The van der Waals surface area contributed by atoms with E-state index in [1.54, 1.807) is 19.1 Å². The number of ketones is 1. The summed E-state index contributed by atoms with van der Waals surface area (Å²) in [4.78, 5) is 28.5. The first-order valence-electron chi connectivity index (χ1n) is 6.18. The third-order valence-electron chi connectivity index (χ3n) is 2.75. The minimum Gasteiger partial charge on any atom is -0.461 e. The van der Waals surface area contributed by atoms with Crippen LogP contribution in [0, 0.1) is 0 Å². The van der Waals surface area contributed by atoms with Crippen LogP contribution in [0.3, 0.4) is 0 Å². The number of carbonyl (C=O) groups is 2. The lowest BCUT2D eigenvalue weighted by atomic mass is 10.0. The summed E-state index contributed by atoms with van der Waals surface area (Å²) >= 11 is 0. The molecule has 0 N–H and O–H groups in total. The summed E-state index contributed by atoms with van der Waals surface area (Å²) in [6.45, 7) is 2.02. The van der Waals surface area contributed by atoms with Gasteiger partial charge in [0.25, 0.3) is 0 Å². The van der Waals surface area contributed by atoms with Crippen LogP contribution < -0.4 is 0 Å². The monoisotopic (exact) mass is 261 g/mol. The Morgan fingerprint density at radius 2 is 2.11 bits per heavy atom. The molecule has 1 aliphatic rings. The van der Waals surface area contributed by atoms with Crippen molar-refractivity contribution >= 4 is 17.5 Å². The van der Waals surface area contributed by atoms with E-state index in [4.69, 9.17) is 9.57 Å². The molecule has 0 saturated heterocycles. The molecule has 0 radical (unpaired) electrons. The Labute approximate surface area is 111 Å². The molecule has 0 spiro atoms. The average Bonchev–Trinajstić information content (AvgIpc) is 2.88. The van der Waals surface area contributed by atoms with Crippen LogP contribution in [0.2, 0.25) is 0 Å². The second kappa shape index (κ2) is 6.13. The van der Waals surface area contributed by atoms with Crippen molar-refractivity contribution in [2.75, 3.05) is 6.61 Å². The number of oxime groups is 1. The Balaban J connectivity index is 1.87. The Morgan fingerprint density at radius 1 is 1.37 bits per heavy atom. The molecule has 1 atom stereocenters. The fraction of sp³-hybridized carbons (Fsp3) is 0.357. The van der Waals surface area contributed by atoms with Crippen molar-refractivity contribution in [3.63, 3.8) is 0 Å². The maximum atomic E-state index is 12.0. The van der Waals surface area contributed by atoms with E-state index in [1.807, 2.05) is 18.2 Å². The maximum Gasteiger partial charge on any atom is 0.356 e. The van der Waals surface area contributed by atoms with Gasteiger partial charge in [0.1, 0.15) is 6.10 Å². The fourth-order valence-electron chi connectivity index (χ4n) is 1.82. The largest absolute Gasteiger partial charge is 0.461 e. The second-order valence-corrected chi connectivity index (χ2v) is 4.18. The van der Waals surface area contributed by atoms with Gasteiger partial charge in [-0.25, -0.2) is 4.79 Å². The molecule has 0 fully saturated rings. The van der Waals surface area contributed by atoms with Crippen LogP contribution >= 0.6 is 0 Å². The van der Waals surface area contributed by atoms with E-state index >= 15 is 0 Å². The van der Waals surface area contributed by atoms with Gasteiger partial charge in [-0.15, -0.1) is 0 Å². The molecule has 1 aromatic rings. The molecule has 1 aliphatic heterocycles. The molecule has 100 valence electrons. The van der Waals surface area contributed by atoms with E-state index in [1.165, 1.54) is 0 Å². The number of benzene rings is 1. The Hall–Kier alpha value is -2.17. The predicted molar refractivity (Wildman–Crippen MR) is 68.9 cm³/mol. The molecule has 5 heteroatoms. The third kappa shape index (κ3) is 3.40. The van der Waals surface area contributed by atoms with Crippen LogP contribution in [0.5, 0.6) is 0 Å². The highest BCUT2D eigenvalue weighted by atomic mass is 16.6. The van der Waals surface area contributed by atoms with Crippen LogP contribution in [0.25, 0.3) is 0 Å². The lowest BCUT2D eigenvalue weighted by Gasteiger charge is -2.06. The summed E-state index contributed by atoms with van der Waals surface area (Å²) in [5.41, 5.74) is 0.878. The Bertz CT molecular complexity index is 495. The summed E-state index contributed by atoms with van der Waals surface area (Å²) in [5, 5.41) is 3.67. The second-order valence-electron chi connectivity index (χ2n) is 4.18. The fourth-order valence-corrected chi connectivity index (χ4v) is 1.82. The van der Waals surface area contributed by atoms with E-state index in [9.17, 15) is 9.59 Å². The summed E-state index contributed by atoms with van der Waals surface area (Å²) in [7, 11) is 0. The third-order valence-corrected chi connectivity index (χ3v) is 2.75.